The van der Waals surface area contributed by atoms with Gasteiger partial charge >= 0.3 is 0 Å². The normalized spacial score (nSPS) is 30.9. The number of rotatable bonds is 4. The monoisotopic (exact) mass is 504 g/mol. The van der Waals surface area contributed by atoms with Gasteiger partial charge in [0.05, 0.1) is 11.8 Å². The van der Waals surface area contributed by atoms with E-state index in [2.05, 4.69) is 28.1 Å². The van der Waals surface area contributed by atoms with E-state index in [1.165, 1.54) is 4.90 Å². The zero-order chi connectivity index (χ0) is 23.0. The van der Waals surface area contributed by atoms with Crippen LogP contribution in [-0.4, -0.2) is 29.3 Å². The molecule has 0 aromatic heterocycles. The van der Waals surface area contributed by atoms with Crippen LogP contribution in [0.5, 0.6) is 0 Å². The average molecular weight is 505 g/mol. The molecule has 4 aliphatic carbocycles. The Morgan fingerprint density at radius 1 is 0.970 bits per heavy atom. The summed E-state index contributed by atoms with van der Waals surface area (Å²) < 4.78 is 0.882. The number of carbonyl (C=O) groups excluding carboxylic acids is 3. The second-order valence-corrected chi connectivity index (χ2v) is 10.8. The molecular formula is C27H25BrN2O3. The predicted octanol–water partition coefficient (Wildman–Crippen LogP) is 4.72. The summed E-state index contributed by atoms with van der Waals surface area (Å²) in [5.41, 5.74) is 3.17. The van der Waals surface area contributed by atoms with Crippen molar-refractivity contribution in [2.75, 3.05) is 11.6 Å². The van der Waals surface area contributed by atoms with E-state index in [9.17, 15) is 14.4 Å². The quantitative estimate of drug-likeness (QED) is 0.446. The molecule has 6 atom stereocenters. The van der Waals surface area contributed by atoms with Crippen LogP contribution in [0.3, 0.4) is 0 Å². The van der Waals surface area contributed by atoms with Crippen LogP contribution in [-0.2, 0) is 9.59 Å². The highest BCUT2D eigenvalue weighted by molar-refractivity contribution is 9.10. The molecule has 6 heteroatoms. The fourth-order valence-electron chi connectivity index (χ4n) is 6.31. The molecule has 5 aliphatic rings. The summed E-state index contributed by atoms with van der Waals surface area (Å²) in [7, 11) is 0. The lowest BCUT2D eigenvalue weighted by molar-refractivity contribution is -0.140. The lowest BCUT2D eigenvalue weighted by atomic mass is 9.63. The SMILES string of the molecule is Cc1ccc(C)c(N(CN2C(=O)C3C4C=CC(C5CC45)C3C2=O)C(=O)c2ccc(Br)cc2)c1. The smallest absolute Gasteiger partial charge is 0.259 e. The molecule has 168 valence electrons. The second kappa shape index (κ2) is 7.39. The third kappa shape index (κ3) is 3.14. The third-order valence-corrected chi connectivity index (χ3v) is 8.56. The molecule has 1 heterocycles. The van der Waals surface area contributed by atoms with Crippen LogP contribution in [0.15, 0.2) is 59.1 Å². The van der Waals surface area contributed by atoms with Gasteiger partial charge in [0.15, 0.2) is 0 Å². The molecule has 2 aromatic rings. The van der Waals surface area contributed by atoms with Crippen LogP contribution in [0.25, 0.3) is 0 Å². The Morgan fingerprint density at radius 2 is 1.58 bits per heavy atom. The summed E-state index contributed by atoms with van der Waals surface area (Å²) in [6.45, 7) is 3.86. The molecule has 33 heavy (non-hydrogen) atoms. The number of carbonyl (C=O) groups is 3. The topological polar surface area (TPSA) is 57.7 Å². The first-order chi connectivity index (χ1) is 15.8. The minimum absolute atomic E-state index is 0.0569. The number of likely N-dealkylation sites (tertiary alicyclic amines) is 1. The number of anilines is 1. The van der Waals surface area contributed by atoms with Gasteiger partial charge in [0.25, 0.3) is 5.91 Å². The summed E-state index contributed by atoms with van der Waals surface area (Å²) in [4.78, 5) is 43.7. The maximum absolute atomic E-state index is 13.7. The predicted molar refractivity (Wildman–Crippen MR) is 128 cm³/mol. The van der Waals surface area contributed by atoms with Gasteiger partial charge in [-0.25, -0.2) is 0 Å². The Hall–Kier alpha value is -2.73. The first-order valence-electron chi connectivity index (χ1n) is 11.5. The molecule has 1 saturated heterocycles. The van der Waals surface area contributed by atoms with Crippen molar-refractivity contribution in [3.05, 3.63) is 75.8 Å². The number of hydrogen-bond donors (Lipinski definition) is 0. The summed E-state index contributed by atoms with van der Waals surface area (Å²) in [6.07, 6.45) is 5.47. The van der Waals surface area contributed by atoms with E-state index in [1.807, 2.05) is 44.2 Å². The van der Waals surface area contributed by atoms with Crippen LogP contribution < -0.4 is 4.90 Å². The fourth-order valence-corrected chi connectivity index (χ4v) is 6.57. The molecule has 6 unspecified atom stereocenters. The van der Waals surface area contributed by atoms with Gasteiger partial charge in [-0.2, -0.15) is 0 Å². The van der Waals surface area contributed by atoms with E-state index in [1.54, 1.807) is 17.0 Å². The number of benzene rings is 2. The molecule has 2 bridgehead atoms. The van der Waals surface area contributed by atoms with Gasteiger partial charge in [-0.15, -0.1) is 0 Å². The molecule has 1 aliphatic heterocycles. The Balaban J connectivity index is 1.37. The molecule has 2 saturated carbocycles. The van der Waals surface area contributed by atoms with Crippen molar-refractivity contribution in [1.29, 1.82) is 0 Å². The highest BCUT2D eigenvalue weighted by Gasteiger charge is 2.67. The van der Waals surface area contributed by atoms with Crippen molar-refractivity contribution in [2.45, 2.75) is 20.3 Å². The van der Waals surface area contributed by atoms with Crippen molar-refractivity contribution >= 4 is 39.3 Å². The van der Waals surface area contributed by atoms with Gasteiger partial charge < -0.3 is 0 Å². The van der Waals surface area contributed by atoms with E-state index in [-0.39, 0.29) is 48.1 Å². The van der Waals surface area contributed by atoms with Gasteiger partial charge in [0.2, 0.25) is 11.8 Å². The van der Waals surface area contributed by atoms with Crippen molar-refractivity contribution in [2.24, 2.45) is 35.5 Å². The van der Waals surface area contributed by atoms with Gasteiger partial charge in [-0.3, -0.25) is 24.2 Å². The highest BCUT2D eigenvalue weighted by atomic mass is 79.9. The van der Waals surface area contributed by atoms with E-state index in [4.69, 9.17) is 0 Å². The van der Waals surface area contributed by atoms with Gasteiger partial charge in [-0.1, -0.05) is 40.2 Å². The van der Waals surface area contributed by atoms with Crippen LogP contribution in [0.4, 0.5) is 5.69 Å². The molecule has 5 nitrogen and oxygen atoms in total. The molecule has 2 aromatic carbocycles. The van der Waals surface area contributed by atoms with E-state index in [0.717, 1.165) is 27.7 Å². The third-order valence-electron chi connectivity index (χ3n) is 8.03. The van der Waals surface area contributed by atoms with Gasteiger partial charge in [0, 0.05) is 15.7 Å². The number of allylic oxidation sites excluding steroid dienone is 2. The number of amides is 3. The standard InChI is InChI=1S/C27H25BrN2O3/c1-14-3-4-15(2)22(11-14)29(25(31)16-5-7-17(28)8-6-16)13-30-26(32)23-18-9-10-19(21-12-20(18)21)24(23)27(30)33/h3-11,18-21,23-24H,12-13H2,1-2H3. The molecular weight excluding hydrogens is 480 g/mol. The second-order valence-electron chi connectivity index (χ2n) is 9.93. The zero-order valence-corrected chi connectivity index (χ0v) is 20.2. The largest absolute Gasteiger partial charge is 0.289 e. The lowest BCUT2D eigenvalue weighted by Crippen LogP contribution is -2.45. The van der Waals surface area contributed by atoms with Gasteiger partial charge in [-0.05, 0) is 85.4 Å². The highest BCUT2D eigenvalue weighted by Crippen LogP contribution is 2.65. The lowest BCUT2D eigenvalue weighted by Gasteiger charge is -2.37. The summed E-state index contributed by atoms with van der Waals surface area (Å²) in [6, 6.07) is 13.1. The van der Waals surface area contributed by atoms with Crippen LogP contribution >= 0.6 is 15.9 Å². The zero-order valence-electron chi connectivity index (χ0n) is 18.6. The van der Waals surface area contributed by atoms with Crippen molar-refractivity contribution < 1.29 is 14.4 Å². The molecule has 0 spiro atoms. The minimum atomic E-state index is -0.264. The van der Waals surface area contributed by atoms with Crippen molar-refractivity contribution in [1.82, 2.24) is 4.90 Å². The Bertz CT molecular complexity index is 1180. The van der Waals surface area contributed by atoms with Gasteiger partial charge in [0.1, 0.15) is 6.67 Å². The number of aryl methyl sites for hydroxylation is 2. The Labute approximate surface area is 201 Å². The first kappa shape index (κ1) is 20.8. The van der Waals surface area contributed by atoms with E-state index >= 15 is 0 Å². The maximum atomic E-state index is 13.7. The fraction of sp³-hybridized carbons (Fsp3) is 0.370. The molecule has 0 N–H and O–H groups in total. The van der Waals surface area contributed by atoms with E-state index < -0.39 is 0 Å². The number of halogens is 1. The maximum Gasteiger partial charge on any atom is 0.259 e. The minimum Gasteiger partial charge on any atom is -0.289 e. The molecule has 7 rings (SSSR count). The van der Waals surface area contributed by atoms with Crippen LogP contribution in [0.2, 0.25) is 0 Å². The Morgan fingerprint density at radius 3 is 2.18 bits per heavy atom. The van der Waals surface area contributed by atoms with Crippen LogP contribution in [0, 0.1) is 49.4 Å². The number of hydrogen-bond acceptors (Lipinski definition) is 3. The summed E-state index contributed by atoms with van der Waals surface area (Å²) in [5, 5.41) is 0. The molecule has 3 amide bonds. The summed E-state index contributed by atoms with van der Waals surface area (Å²) in [5.74, 6) is 0.456. The van der Waals surface area contributed by atoms with Crippen molar-refractivity contribution in [3.63, 3.8) is 0 Å². The Kier molecular flexibility index (Phi) is 4.67. The first-order valence-corrected chi connectivity index (χ1v) is 12.3. The van der Waals surface area contributed by atoms with E-state index in [0.29, 0.717) is 17.4 Å². The molecule has 3 fully saturated rings. The average Bonchev–Trinajstić information content (AvgIpc) is 3.59. The summed E-state index contributed by atoms with van der Waals surface area (Å²) >= 11 is 3.42. The van der Waals surface area contributed by atoms with Crippen molar-refractivity contribution in [3.8, 4) is 0 Å². The number of imide groups is 1. The van der Waals surface area contributed by atoms with Crippen LogP contribution in [0.1, 0.15) is 27.9 Å². The number of nitrogens with zero attached hydrogens (tertiary/aromatic N) is 2. The molecule has 0 radical (unpaired) electrons.